The minimum atomic E-state index is -4.44. The van der Waals surface area contributed by atoms with Gasteiger partial charge in [0.1, 0.15) is 5.82 Å². The van der Waals surface area contributed by atoms with E-state index in [9.17, 15) is 13.2 Å². The monoisotopic (exact) mass is 242 g/mol. The average Bonchev–Trinajstić information content (AvgIpc) is 2.62. The lowest BCUT2D eigenvalue weighted by Crippen LogP contribution is -2.07. The van der Waals surface area contributed by atoms with Crippen molar-refractivity contribution in [3.8, 4) is 11.3 Å². The number of pyridine rings is 1. The highest BCUT2D eigenvalue weighted by Crippen LogP contribution is 2.32. The molecule has 0 atom stereocenters. The summed E-state index contributed by atoms with van der Waals surface area (Å²) in [6.45, 7) is 0. The molecule has 0 aliphatic rings. The van der Waals surface area contributed by atoms with Crippen LogP contribution in [0.1, 0.15) is 5.56 Å². The Hall–Kier alpha value is -2.05. The second-order valence-corrected chi connectivity index (χ2v) is 3.57. The lowest BCUT2D eigenvalue weighted by atomic mass is 10.1. The van der Waals surface area contributed by atoms with Gasteiger partial charge in [0.25, 0.3) is 0 Å². The van der Waals surface area contributed by atoms with E-state index in [2.05, 4.69) is 10.1 Å². The van der Waals surface area contributed by atoms with Crippen LogP contribution in [0.25, 0.3) is 11.3 Å². The van der Waals surface area contributed by atoms with E-state index in [1.165, 1.54) is 10.9 Å². The van der Waals surface area contributed by atoms with Crippen LogP contribution in [0.2, 0.25) is 0 Å². The zero-order chi connectivity index (χ0) is 12.6. The van der Waals surface area contributed by atoms with Crippen molar-refractivity contribution >= 4 is 5.82 Å². The fourth-order valence-electron chi connectivity index (χ4n) is 1.42. The van der Waals surface area contributed by atoms with Gasteiger partial charge in [-0.25, -0.2) is 4.98 Å². The summed E-state index contributed by atoms with van der Waals surface area (Å²) in [7, 11) is 1.67. The van der Waals surface area contributed by atoms with Crippen molar-refractivity contribution in [2.75, 3.05) is 5.73 Å². The van der Waals surface area contributed by atoms with Crippen molar-refractivity contribution < 1.29 is 13.2 Å². The Kier molecular flexibility index (Phi) is 2.53. The highest BCUT2D eigenvalue weighted by Gasteiger charge is 2.31. The number of hydrogen-bond acceptors (Lipinski definition) is 3. The fraction of sp³-hybridized carbons (Fsp3) is 0.200. The van der Waals surface area contributed by atoms with Crippen molar-refractivity contribution in [1.29, 1.82) is 0 Å². The number of rotatable bonds is 1. The Balaban J connectivity index is 2.52. The van der Waals surface area contributed by atoms with Gasteiger partial charge in [0.05, 0.1) is 17.5 Å². The molecule has 0 amide bonds. The number of alkyl halides is 3. The maximum absolute atomic E-state index is 12.6. The predicted octanol–water partition coefficient (Wildman–Crippen LogP) is 2.08. The number of anilines is 1. The first kappa shape index (κ1) is 11.4. The van der Waals surface area contributed by atoms with E-state index >= 15 is 0 Å². The van der Waals surface area contributed by atoms with Gasteiger partial charge in [-0.3, -0.25) is 4.68 Å². The third-order valence-corrected chi connectivity index (χ3v) is 2.17. The highest BCUT2D eigenvalue weighted by molar-refractivity contribution is 5.60. The second kappa shape index (κ2) is 3.76. The van der Waals surface area contributed by atoms with E-state index in [1.54, 1.807) is 13.2 Å². The number of halogens is 3. The minimum absolute atomic E-state index is 0.158. The molecule has 2 aromatic heterocycles. The van der Waals surface area contributed by atoms with Crippen molar-refractivity contribution in [3.63, 3.8) is 0 Å². The third-order valence-electron chi connectivity index (χ3n) is 2.17. The van der Waals surface area contributed by atoms with E-state index in [1.807, 2.05) is 0 Å². The molecule has 4 nitrogen and oxygen atoms in total. The molecule has 2 rings (SSSR count). The van der Waals surface area contributed by atoms with Crippen molar-refractivity contribution in [3.05, 3.63) is 30.1 Å². The molecule has 0 aromatic carbocycles. The number of nitrogen functional groups attached to an aromatic ring is 1. The lowest BCUT2D eigenvalue weighted by molar-refractivity contribution is -0.137. The quantitative estimate of drug-likeness (QED) is 0.832. The van der Waals surface area contributed by atoms with E-state index < -0.39 is 11.7 Å². The first-order valence-corrected chi connectivity index (χ1v) is 4.70. The van der Waals surface area contributed by atoms with Crippen molar-refractivity contribution in [2.24, 2.45) is 7.05 Å². The van der Waals surface area contributed by atoms with Crippen LogP contribution in [0.3, 0.4) is 0 Å². The van der Waals surface area contributed by atoms with Gasteiger partial charge in [0.15, 0.2) is 0 Å². The SMILES string of the molecule is Cn1cc(-c2cc(C(F)(F)F)cc(N)n2)cn1. The largest absolute Gasteiger partial charge is 0.416 e. The predicted molar refractivity (Wildman–Crippen MR) is 55.9 cm³/mol. The first-order chi connectivity index (χ1) is 7.86. The van der Waals surface area contributed by atoms with Crippen LogP contribution in [-0.2, 0) is 13.2 Å². The molecule has 90 valence electrons. The molecule has 2 aromatic rings. The Bertz CT molecular complexity index is 545. The lowest BCUT2D eigenvalue weighted by Gasteiger charge is -2.08. The molecule has 0 unspecified atom stereocenters. The molecule has 0 radical (unpaired) electrons. The maximum Gasteiger partial charge on any atom is 0.416 e. The van der Waals surface area contributed by atoms with Crippen LogP contribution in [0, 0.1) is 0 Å². The maximum atomic E-state index is 12.6. The number of aryl methyl sites for hydroxylation is 1. The van der Waals surface area contributed by atoms with Gasteiger partial charge >= 0.3 is 6.18 Å². The molecule has 0 saturated carbocycles. The van der Waals surface area contributed by atoms with Gasteiger partial charge in [0.2, 0.25) is 0 Å². The standard InChI is InChI=1S/C10H9F3N4/c1-17-5-6(4-15-17)8-2-7(10(11,12)13)3-9(14)16-8/h2-5H,1H3,(H2,14,16). The molecule has 0 aliphatic carbocycles. The van der Waals surface area contributed by atoms with Crippen LogP contribution in [-0.4, -0.2) is 14.8 Å². The first-order valence-electron chi connectivity index (χ1n) is 4.70. The third kappa shape index (κ3) is 2.38. The molecule has 0 saturated heterocycles. The smallest absolute Gasteiger partial charge is 0.384 e. The van der Waals surface area contributed by atoms with Gasteiger partial charge in [-0.15, -0.1) is 0 Å². The van der Waals surface area contributed by atoms with Crippen LogP contribution in [0.5, 0.6) is 0 Å². The Labute approximate surface area is 94.9 Å². The zero-order valence-electron chi connectivity index (χ0n) is 8.86. The molecule has 0 spiro atoms. The van der Waals surface area contributed by atoms with Crippen molar-refractivity contribution in [1.82, 2.24) is 14.8 Å². The molecule has 0 aliphatic heterocycles. The number of nitrogens with zero attached hydrogens (tertiary/aromatic N) is 3. The summed E-state index contributed by atoms with van der Waals surface area (Å²) in [4.78, 5) is 3.86. The Morgan fingerprint density at radius 1 is 1.29 bits per heavy atom. The summed E-state index contributed by atoms with van der Waals surface area (Å²) in [6, 6.07) is 1.76. The minimum Gasteiger partial charge on any atom is -0.384 e. The molecule has 2 heterocycles. The van der Waals surface area contributed by atoms with E-state index in [0.717, 1.165) is 12.1 Å². The Morgan fingerprint density at radius 2 is 2.00 bits per heavy atom. The fourth-order valence-corrected chi connectivity index (χ4v) is 1.42. The van der Waals surface area contributed by atoms with Crippen LogP contribution < -0.4 is 5.73 Å². The summed E-state index contributed by atoms with van der Waals surface area (Å²) < 4.78 is 39.2. The van der Waals surface area contributed by atoms with E-state index in [0.29, 0.717) is 5.56 Å². The summed E-state index contributed by atoms with van der Waals surface area (Å²) >= 11 is 0. The molecular formula is C10H9F3N4. The van der Waals surface area contributed by atoms with Gasteiger partial charge in [-0.05, 0) is 12.1 Å². The summed E-state index contributed by atoms with van der Waals surface area (Å²) in [6.07, 6.45) is -1.43. The summed E-state index contributed by atoms with van der Waals surface area (Å²) in [5.41, 5.74) is 5.19. The molecule has 2 N–H and O–H groups in total. The number of aromatic nitrogens is 3. The van der Waals surface area contributed by atoms with Crippen LogP contribution in [0.15, 0.2) is 24.5 Å². The highest BCUT2D eigenvalue weighted by atomic mass is 19.4. The van der Waals surface area contributed by atoms with Crippen LogP contribution >= 0.6 is 0 Å². The van der Waals surface area contributed by atoms with Crippen LogP contribution in [0.4, 0.5) is 19.0 Å². The molecule has 0 bridgehead atoms. The van der Waals surface area contributed by atoms with Gasteiger partial charge < -0.3 is 5.73 Å². The molecule has 17 heavy (non-hydrogen) atoms. The van der Waals surface area contributed by atoms with E-state index in [4.69, 9.17) is 5.73 Å². The number of nitrogens with two attached hydrogens (primary N) is 1. The molecular weight excluding hydrogens is 233 g/mol. The topological polar surface area (TPSA) is 56.7 Å². The molecule has 0 fully saturated rings. The van der Waals surface area contributed by atoms with Gasteiger partial charge in [-0.1, -0.05) is 0 Å². The molecule has 7 heteroatoms. The number of hydrogen-bond donors (Lipinski definition) is 1. The normalized spacial score (nSPS) is 11.8. The average molecular weight is 242 g/mol. The van der Waals surface area contributed by atoms with Crippen molar-refractivity contribution in [2.45, 2.75) is 6.18 Å². The summed E-state index contributed by atoms with van der Waals surface area (Å²) in [5.74, 6) is -0.168. The second-order valence-electron chi connectivity index (χ2n) is 3.57. The van der Waals surface area contributed by atoms with E-state index in [-0.39, 0.29) is 11.5 Å². The van der Waals surface area contributed by atoms with Gasteiger partial charge in [0, 0.05) is 18.8 Å². The zero-order valence-corrected chi connectivity index (χ0v) is 8.86. The summed E-state index contributed by atoms with van der Waals surface area (Å²) in [5, 5.41) is 3.87. The van der Waals surface area contributed by atoms with Gasteiger partial charge in [-0.2, -0.15) is 18.3 Å². The Morgan fingerprint density at radius 3 is 2.53 bits per heavy atom.